The first-order valence-electron chi connectivity index (χ1n) is 20.8. The van der Waals surface area contributed by atoms with Crippen molar-refractivity contribution in [3.63, 3.8) is 0 Å². The van der Waals surface area contributed by atoms with Crippen molar-refractivity contribution in [3.05, 3.63) is 60.8 Å². The van der Waals surface area contributed by atoms with E-state index in [2.05, 4.69) is 73.9 Å². The zero-order chi connectivity index (χ0) is 40.4. The normalized spacial score (nSPS) is 18.8. The zero-order valence-corrected chi connectivity index (χ0v) is 34.9. The number of esters is 2. The van der Waals surface area contributed by atoms with Crippen LogP contribution in [0.4, 0.5) is 0 Å². The van der Waals surface area contributed by atoms with Gasteiger partial charge in [-0.1, -0.05) is 139 Å². The van der Waals surface area contributed by atoms with Gasteiger partial charge in [0.1, 0.15) is 12.7 Å². The van der Waals surface area contributed by atoms with Gasteiger partial charge in [0.2, 0.25) is 0 Å². The summed E-state index contributed by atoms with van der Waals surface area (Å²) in [6.45, 7) is 4.46. The van der Waals surface area contributed by atoms with Crippen LogP contribution in [-0.2, 0) is 37.4 Å². The molecule has 1 saturated heterocycles. The number of unbranched alkanes of at least 4 members (excludes halogenated alkanes) is 7. The minimum absolute atomic E-state index is 0.111. The minimum Gasteiger partial charge on any atom is -0.462 e. The second kappa shape index (κ2) is 33.7. The maximum Gasteiger partial charge on any atom is 0.472 e. The van der Waals surface area contributed by atoms with Crippen LogP contribution >= 0.6 is 7.82 Å². The van der Waals surface area contributed by atoms with Crippen molar-refractivity contribution in [1.29, 1.82) is 0 Å². The van der Waals surface area contributed by atoms with Gasteiger partial charge in [0, 0.05) is 12.8 Å². The first-order chi connectivity index (χ1) is 26.6. The number of aliphatic hydroxyl groups excluding tert-OH is 2. The molecule has 0 radical (unpaired) electrons. The average molecular weight is 797 g/mol. The number of allylic oxidation sites excluding steroid dienone is 8. The number of rotatable bonds is 36. The van der Waals surface area contributed by atoms with Crippen LogP contribution in [0.25, 0.3) is 0 Å². The van der Waals surface area contributed by atoms with E-state index in [-0.39, 0.29) is 19.4 Å². The summed E-state index contributed by atoms with van der Waals surface area (Å²) in [4.78, 5) is 34.9. The van der Waals surface area contributed by atoms with E-state index in [1.807, 2.05) is 12.2 Å². The van der Waals surface area contributed by atoms with Crippen molar-refractivity contribution < 1.29 is 52.5 Å². The lowest BCUT2D eigenvalue weighted by Crippen LogP contribution is -2.29. The Morgan fingerprint density at radius 1 is 0.709 bits per heavy atom. The third-order valence-corrected chi connectivity index (χ3v) is 10.1. The van der Waals surface area contributed by atoms with Crippen LogP contribution in [0.5, 0.6) is 0 Å². The fourth-order valence-electron chi connectivity index (χ4n) is 5.45. The molecule has 11 nitrogen and oxygen atoms in total. The third-order valence-electron chi connectivity index (χ3n) is 9.14. The van der Waals surface area contributed by atoms with Crippen molar-refractivity contribution in [2.45, 2.75) is 167 Å². The molecule has 1 rings (SSSR count). The van der Waals surface area contributed by atoms with Gasteiger partial charge in [0.25, 0.3) is 0 Å². The van der Waals surface area contributed by atoms with Gasteiger partial charge >= 0.3 is 19.8 Å². The minimum atomic E-state index is -4.64. The van der Waals surface area contributed by atoms with E-state index in [0.29, 0.717) is 25.0 Å². The Hall–Kier alpha value is -2.37. The van der Waals surface area contributed by atoms with Gasteiger partial charge in [-0.3, -0.25) is 18.6 Å². The number of phosphoric acid groups is 1. The molecule has 6 atom stereocenters. The summed E-state index contributed by atoms with van der Waals surface area (Å²) in [5.74, 6) is -0.233. The fraction of sp³-hybridized carbons (Fsp3) is 0.721. The van der Waals surface area contributed by atoms with Gasteiger partial charge < -0.3 is 29.3 Å². The topological polar surface area (TPSA) is 161 Å². The lowest BCUT2D eigenvalue weighted by atomic mass is 9.99. The van der Waals surface area contributed by atoms with Crippen LogP contribution in [0, 0.1) is 5.92 Å². The van der Waals surface area contributed by atoms with Crippen LogP contribution in [0.15, 0.2) is 60.8 Å². The van der Waals surface area contributed by atoms with Gasteiger partial charge in [0.15, 0.2) is 6.10 Å². The maximum absolute atomic E-state index is 12.6. The van der Waals surface area contributed by atoms with Gasteiger partial charge in [-0.2, -0.15) is 0 Å². The summed E-state index contributed by atoms with van der Waals surface area (Å²) < 4.78 is 38.2. The molecule has 0 aromatic rings. The molecule has 4 unspecified atom stereocenters. The van der Waals surface area contributed by atoms with Crippen LogP contribution in [0.2, 0.25) is 0 Å². The molecule has 1 aliphatic rings. The van der Waals surface area contributed by atoms with Crippen LogP contribution in [-0.4, -0.2) is 77.9 Å². The van der Waals surface area contributed by atoms with E-state index in [9.17, 15) is 24.2 Å². The molecular weight excluding hydrogens is 723 g/mol. The van der Waals surface area contributed by atoms with Crippen molar-refractivity contribution in [2.75, 3.05) is 26.4 Å². The highest BCUT2D eigenvalue weighted by Crippen LogP contribution is 2.43. The summed E-state index contributed by atoms with van der Waals surface area (Å²) in [6.07, 6.45) is 36.8. The monoisotopic (exact) mass is 796 g/mol. The second-order valence-electron chi connectivity index (χ2n) is 14.3. The van der Waals surface area contributed by atoms with Crippen molar-refractivity contribution in [1.82, 2.24) is 0 Å². The molecule has 0 bridgehead atoms. The Kier molecular flexibility index (Phi) is 31.1. The number of epoxide rings is 1. The van der Waals surface area contributed by atoms with Gasteiger partial charge in [-0.25, -0.2) is 4.57 Å². The van der Waals surface area contributed by atoms with E-state index in [1.165, 1.54) is 38.5 Å². The number of carbonyl (C=O) groups excluding carboxylic acids is 2. The summed E-state index contributed by atoms with van der Waals surface area (Å²) in [7, 11) is -4.64. The Bertz CT molecular complexity index is 1180. The highest BCUT2D eigenvalue weighted by Gasteiger charge is 2.36. The van der Waals surface area contributed by atoms with Gasteiger partial charge in [-0.05, 0) is 57.3 Å². The van der Waals surface area contributed by atoms with Crippen LogP contribution in [0.1, 0.15) is 143 Å². The highest BCUT2D eigenvalue weighted by molar-refractivity contribution is 7.47. The second-order valence-corrected chi connectivity index (χ2v) is 15.7. The number of carbonyl (C=O) groups is 2. The summed E-state index contributed by atoms with van der Waals surface area (Å²) in [6, 6.07) is 0. The summed E-state index contributed by atoms with van der Waals surface area (Å²) in [5.41, 5.74) is 0. The number of phosphoric ester groups is 1. The van der Waals surface area contributed by atoms with E-state index < -0.39 is 51.8 Å². The largest absolute Gasteiger partial charge is 0.472 e. The van der Waals surface area contributed by atoms with E-state index in [1.54, 1.807) is 0 Å². The Morgan fingerprint density at radius 2 is 1.25 bits per heavy atom. The zero-order valence-electron chi connectivity index (χ0n) is 34.0. The molecule has 3 N–H and O–H groups in total. The molecule has 0 saturated carbocycles. The predicted octanol–water partition coefficient (Wildman–Crippen LogP) is 9.56. The molecular formula is C43H73O11P. The Labute approximate surface area is 331 Å². The number of hydrogen-bond donors (Lipinski definition) is 3. The molecule has 0 amide bonds. The Balaban J connectivity index is 2.31. The SMILES string of the molecule is CC/C=C\CC1OC1C/C=C\C/C=C\C/C=C\C/C=C\CCC(=O)OC[C@H](COP(=O)(O)OC[C@@H](O)CO)OC(=O)CCCCCCCCCCC(C)CC. The molecule has 316 valence electrons. The van der Waals surface area contributed by atoms with Crippen molar-refractivity contribution >= 4 is 19.8 Å². The average Bonchev–Trinajstić information content (AvgIpc) is 3.93. The smallest absolute Gasteiger partial charge is 0.462 e. The lowest BCUT2D eigenvalue weighted by molar-refractivity contribution is -0.161. The molecule has 0 aliphatic carbocycles. The van der Waals surface area contributed by atoms with Crippen LogP contribution in [0.3, 0.4) is 0 Å². The first-order valence-corrected chi connectivity index (χ1v) is 22.3. The molecule has 1 heterocycles. The van der Waals surface area contributed by atoms with Gasteiger partial charge in [0.05, 0.1) is 32.0 Å². The molecule has 1 fully saturated rings. The van der Waals surface area contributed by atoms with Crippen molar-refractivity contribution in [2.24, 2.45) is 5.92 Å². The number of hydrogen-bond acceptors (Lipinski definition) is 10. The molecule has 1 aliphatic heterocycles. The number of aliphatic hydroxyl groups is 2. The lowest BCUT2D eigenvalue weighted by Gasteiger charge is -2.20. The molecule has 12 heteroatoms. The molecule has 0 spiro atoms. The van der Waals surface area contributed by atoms with E-state index >= 15 is 0 Å². The first kappa shape index (κ1) is 50.6. The summed E-state index contributed by atoms with van der Waals surface area (Å²) >= 11 is 0. The fourth-order valence-corrected chi connectivity index (χ4v) is 6.24. The molecule has 0 aromatic heterocycles. The Morgan fingerprint density at radius 3 is 1.85 bits per heavy atom. The quantitative estimate of drug-likeness (QED) is 0.0182. The van der Waals surface area contributed by atoms with E-state index in [4.69, 9.17) is 23.8 Å². The van der Waals surface area contributed by atoms with Crippen LogP contribution < -0.4 is 0 Å². The third kappa shape index (κ3) is 31.4. The summed E-state index contributed by atoms with van der Waals surface area (Å²) in [5, 5.41) is 18.3. The molecule has 55 heavy (non-hydrogen) atoms. The maximum atomic E-state index is 12.6. The standard InChI is InChI=1S/C43H73O11P/c1-4-6-23-29-40-41(54-40)30-25-20-16-11-9-7-8-10-12-17-21-26-31-42(46)50-35-39(36-52-55(48,49)51-34-38(45)33-44)53-43(47)32-27-22-18-14-13-15-19-24-28-37(3)5-2/h6,8-11,17,20-21,23,25,37-41,44-45H,4-5,7,12-16,18-19,22,24,26-36H2,1-3H3,(H,48,49)/b10-8-,11-9-,21-17-,23-6-,25-20-/t37?,38-,39+,40?,41?/m0/s1. The predicted molar refractivity (Wildman–Crippen MR) is 218 cm³/mol. The molecule has 0 aromatic carbocycles. The number of ether oxygens (including phenoxy) is 3. The van der Waals surface area contributed by atoms with Gasteiger partial charge in [-0.15, -0.1) is 0 Å². The van der Waals surface area contributed by atoms with Crippen molar-refractivity contribution in [3.8, 4) is 0 Å². The van der Waals surface area contributed by atoms with E-state index in [0.717, 1.165) is 63.7 Å². The highest BCUT2D eigenvalue weighted by atomic mass is 31.2.